The van der Waals surface area contributed by atoms with Crippen LogP contribution in [0.2, 0.25) is 0 Å². The Labute approximate surface area is 153 Å². The minimum absolute atomic E-state index is 0.0833. The topological polar surface area (TPSA) is 32.8 Å². The third kappa shape index (κ3) is 5.46. The molecule has 0 aromatic heterocycles. The maximum Gasteiger partial charge on any atom is 0.230 e. The van der Waals surface area contributed by atoms with Gasteiger partial charge in [-0.15, -0.1) is 0 Å². The van der Waals surface area contributed by atoms with Gasteiger partial charge in [-0.25, -0.2) is 0 Å². The van der Waals surface area contributed by atoms with Crippen molar-refractivity contribution in [1.82, 2.24) is 9.80 Å². The zero-order chi connectivity index (χ0) is 18.6. The first kappa shape index (κ1) is 19.8. The molecular formula is C21H34N2O2. The van der Waals surface area contributed by atoms with Gasteiger partial charge in [0.05, 0.1) is 13.0 Å². The molecule has 0 aliphatic carbocycles. The molecule has 1 aliphatic rings. The van der Waals surface area contributed by atoms with E-state index < -0.39 is 0 Å². The van der Waals surface area contributed by atoms with E-state index in [1.54, 1.807) is 7.11 Å². The second kappa shape index (κ2) is 8.22. The molecule has 1 atom stereocenters. The van der Waals surface area contributed by atoms with Gasteiger partial charge in [-0.05, 0) is 29.0 Å². The van der Waals surface area contributed by atoms with Crippen molar-refractivity contribution in [3.05, 3.63) is 29.8 Å². The number of carbonyl (C=O) groups excluding carboxylic acids is 1. The van der Waals surface area contributed by atoms with Crippen LogP contribution in [0.1, 0.15) is 46.1 Å². The van der Waals surface area contributed by atoms with E-state index in [1.807, 2.05) is 29.2 Å². The van der Waals surface area contributed by atoms with Crippen molar-refractivity contribution in [3.8, 4) is 5.75 Å². The molecule has 0 bridgehead atoms. The molecule has 0 N–H and O–H groups in total. The first-order chi connectivity index (χ1) is 11.7. The van der Waals surface area contributed by atoms with Crippen molar-refractivity contribution in [2.24, 2.45) is 11.3 Å². The van der Waals surface area contributed by atoms with Crippen LogP contribution in [-0.4, -0.2) is 55.5 Å². The summed E-state index contributed by atoms with van der Waals surface area (Å²) in [6, 6.07) is 7.94. The molecule has 25 heavy (non-hydrogen) atoms. The van der Waals surface area contributed by atoms with Crippen molar-refractivity contribution in [2.75, 3.05) is 39.8 Å². The van der Waals surface area contributed by atoms with Crippen LogP contribution in [0.25, 0.3) is 0 Å². The minimum Gasteiger partial charge on any atom is -0.497 e. The summed E-state index contributed by atoms with van der Waals surface area (Å²) in [6.45, 7) is 15.7. The second-order valence-corrected chi connectivity index (χ2v) is 8.66. The smallest absolute Gasteiger partial charge is 0.230 e. The highest BCUT2D eigenvalue weighted by Gasteiger charge is 2.31. The number of hydrogen-bond donors (Lipinski definition) is 0. The van der Waals surface area contributed by atoms with E-state index in [4.69, 9.17) is 4.74 Å². The molecule has 4 nitrogen and oxygen atoms in total. The van der Waals surface area contributed by atoms with Gasteiger partial charge >= 0.3 is 0 Å². The third-order valence-electron chi connectivity index (χ3n) is 4.79. The summed E-state index contributed by atoms with van der Waals surface area (Å²) in [7, 11) is 1.66. The molecule has 1 unspecified atom stereocenters. The van der Waals surface area contributed by atoms with Gasteiger partial charge in [0.2, 0.25) is 5.91 Å². The van der Waals surface area contributed by atoms with Crippen LogP contribution in [0, 0.1) is 11.3 Å². The average Bonchev–Trinajstić information content (AvgIpc) is 2.54. The first-order valence-corrected chi connectivity index (χ1v) is 9.36. The number of ether oxygens (including phenoxy) is 1. The van der Waals surface area contributed by atoms with E-state index in [-0.39, 0.29) is 17.7 Å². The summed E-state index contributed by atoms with van der Waals surface area (Å²) in [4.78, 5) is 17.7. The summed E-state index contributed by atoms with van der Waals surface area (Å²) < 4.78 is 5.24. The number of amides is 1. The van der Waals surface area contributed by atoms with Gasteiger partial charge in [-0.2, -0.15) is 0 Å². The highest BCUT2D eigenvalue weighted by molar-refractivity contribution is 5.84. The highest BCUT2D eigenvalue weighted by atomic mass is 16.5. The molecule has 4 heteroatoms. The van der Waals surface area contributed by atoms with Crippen molar-refractivity contribution in [2.45, 2.75) is 40.5 Å². The van der Waals surface area contributed by atoms with Crippen LogP contribution in [-0.2, 0) is 4.79 Å². The molecule has 0 saturated carbocycles. The fourth-order valence-electron chi connectivity index (χ4n) is 3.62. The lowest BCUT2D eigenvalue weighted by Crippen LogP contribution is -2.51. The average molecular weight is 347 g/mol. The van der Waals surface area contributed by atoms with Crippen molar-refractivity contribution < 1.29 is 9.53 Å². The molecule has 1 fully saturated rings. The van der Waals surface area contributed by atoms with E-state index in [0.717, 1.165) is 44.0 Å². The Kier molecular flexibility index (Phi) is 6.50. The molecule has 1 aliphatic heterocycles. The number of piperazine rings is 1. The Bertz CT molecular complexity index is 552. The van der Waals surface area contributed by atoms with Gasteiger partial charge in [0.15, 0.2) is 0 Å². The number of hydrogen-bond acceptors (Lipinski definition) is 3. The normalized spacial score (nSPS) is 17.6. The summed E-state index contributed by atoms with van der Waals surface area (Å²) in [5.74, 6) is 1.28. The van der Waals surface area contributed by atoms with Crippen LogP contribution < -0.4 is 4.74 Å². The largest absolute Gasteiger partial charge is 0.497 e. The Morgan fingerprint density at radius 3 is 2.08 bits per heavy atom. The van der Waals surface area contributed by atoms with E-state index in [2.05, 4.69) is 39.5 Å². The predicted octanol–water partition coefficient (Wildman–Crippen LogP) is 3.63. The Balaban J connectivity index is 2.03. The molecule has 0 radical (unpaired) electrons. The maximum atomic E-state index is 13.2. The third-order valence-corrected chi connectivity index (χ3v) is 4.79. The summed E-state index contributed by atoms with van der Waals surface area (Å²) in [6.07, 6.45) is 0. The standard InChI is InChI=1S/C21H34N2O2/c1-16(2)19(17-7-9-18(25-6)10-8-17)20(24)23-13-11-22(12-14-23)15-21(3,4)5/h7-10,16,19H,11-15H2,1-6H3. The number of benzene rings is 1. The SMILES string of the molecule is COc1ccc(C(C(=O)N2CCN(CC(C)(C)C)CC2)C(C)C)cc1. The van der Waals surface area contributed by atoms with Gasteiger partial charge in [0.25, 0.3) is 0 Å². The molecular weight excluding hydrogens is 312 g/mol. The van der Waals surface area contributed by atoms with E-state index in [9.17, 15) is 4.79 Å². The monoisotopic (exact) mass is 346 g/mol. The molecule has 1 amide bonds. The molecule has 1 saturated heterocycles. The summed E-state index contributed by atoms with van der Waals surface area (Å²) in [5.41, 5.74) is 1.38. The maximum absolute atomic E-state index is 13.2. The fraction of sp³-hybridized carbons (Fsp3) is 0.667. The predicted molar refractivity (Wildman–Crippen MR) is 103 cm³/mol. The van der Waals surface area contributed by atoms with Crippen LogP contribution in [0.4, 0.5) is 0 Å². The minimum atomic E-state index is -0.0833. The van der Waals surface area contributed by atoms with Crippen molar-refractivity contribution in [3.63, 3.8) is 0 Å². The quantitative estimate of drug-likeness (QED) is 0.816. The number of rotatable bonds is 5. The number of methoxy groups -OCH3 is 1. The van der Waals surface area contributed by atoms with Crippen LogP contribution in [0.15, 0.2) is 24.3 Å². The Morgan fingerprint density at radius 2 is 1.64 bits per heavy atom. The lowest BCUT2D eigenvalue weighted by atomic mass is 9.87. The first-order valence-electron chi connectivity index (χ1n) is 9.36. The zero-order valence-electron chi connectivity index (χ0n) is 16.7. The molecule has 1 heterocycles. The second-order valence-electron chi connectivity index (χ2n) is 8.66. The van der Waals surface area contributed by atoms with Crippen molar-refractivity contribution >= 4 is 5.91 Å². The fourth-order valence-corrected chi connectivity index (χ4v) is 3.62. The Hall–Kier alpha value is -1.55. The van der Waals surface area contributed by atoms with Gasteiger partial charge in [-0.3, -0.25) is 9.69 Å². The molecule has 0 spiro atoms. The van der Waals surface area contributed by atoms with Crippen LogP contribution >= 0.6 is 0 Å². The lowest BCUT2D eigenvalue weighted by molar-refractivity contribution is -0.135. The summed E-state index contributed by atoms with van der Waals surface area (Å²) in [5, 5.41) is 0. The van der Waals surface area contributed by atoms with Gasteiger partial charge < -0.3 is 9.64 Å². The highest BCUT2D eigenvalue weighted by Crippen LogP contribution is 2.29. The number of carbonyl (C=O) groups is 1. The molecule has 1 aromatic carbocycles. The van der Waals surface area contributed by atoms with Gasteiger partial charge in [0, 0.05) is 32.7 Å². The zero-order valence-corrected chi connectivity index (χ0v) is 16.7. The van der Waals surface area contributed by atoms with Crippen LogP contribution in [0.3, 0.4) is 0 Å². The van der Waals surface area contributed by atoms with E-state index in [0.29, 0.717) is 5.41 Å². The van der Waals surface area contributed by atoms with Crippen molar-refractivity contribution in [1.29, 1.82) is 0 Å². The molecule has 1 aromatic rings. The number of nitrogens with zero attached hydrogens (tertiary/aromatic N) is 2. The molecule has 2 rings (SSSR count). The Morgan fingerprint density at radius 1 is 1.08 bits per heavy atom. The molecule has 140 valence electrons. The van der Waals surface area contributed by atoms with E-state index in [1.165, 1.54) is 0 Å². The van der Waals surface area contributed by atoms with Crippen LogP contribution in [0.5, 0.6) is 5.75 Å². The summed E-state index contributed by atoms with van der Waals surface area (Å²) >= 11 is 0. The van der Waals surface area contributed by atoms with Gasteiger partial charge in [0.1, 0.15) is 5.75 Å². The van der Waals surface area contributed by atoms with E-state index >= 15 is 0 Å². The lowest BCUT2D eigenvalue weighted by Gasteiger charge is -2.39. The van der Waals surface area contributed by atoms with Gasteiger partial charge in [-0.1, -0.05) is 46.8 Å².